The van der Waals surface area contributed by atoms with Gasteiger partial charge in [-0.15, -0.1) is 0 Å². The summed E-state index contributed by atoms with van der Waals surface area (Å²) in [6.45, 7) is 3.92. The number of nitrogens with zero attached hydrogens (tertiary/aromatic N) is 2. The van der Waals surface area contributed by atoms with Gasteiger partial charge in [0.25, 0.3) is 5.56 Å². The average molecular weight is 485 g/mol. The first-order chi connectivity index (χ1) is 17.3. The molecule has 1 heterocycles. The summed E-state index contributed by atoms with van der Waals surface area (Å²) in [6.07, 6.45) is 0.186. The second-order valence-electron chi connectivity index (χ2n) is 8.87. The van der Waals surface area contributed by atoms with Crippen LogP contribution in [0.4, 0.5) is 5.69 Å². The largest absolute Gasteiger partial charge is 0.359 e. The van der Waals surface area contributed by atoms with Crippen molar-refractivity contribution in [1.82, 2.24) is 14.5 Å². The Labute approximate surface area is 208 Å². The second-order valence-corrected chi connectivity index (χ2v) is 8.87. The first kappa shape index (κ1) is 24.7. The second kappa shape index (κ2) is 10.4. The van der Waals surface area contributed by atoms with Crippen LogP contribution in [0.15, 0.2) is 82.4 Å². The molecular formula is C28H28N4O4. The van der Waals surface area contributed by atoms with Gasteiger partial charge < -0.3 is 10.6 Å². The number of amides is 2. The summed E-state index contributed by atoms with van der Waals surface area (Å²) >= 11 is 0. The van der Waals surface area contributed by atoms with E-state index in [1.54, 1.807) is 55.6 Å². The van der Waals surface area contributed by atoms with Crippen molar-refractivity contribution in [2.45, 2.75) is 32.7 Å². The molecule has 3 aromatic carbocycles. The Hall–Kier alpha value is -4.46. The zero-order valence-electron chi connectivity index (χ0n) is 20.4. The molecule has 36 heavy (non-hydrogen) atoms. The fraction of sp³-hybridized carbons (Fsp3) is 0.214. The van der Waals surface area contributed by atoms with E-state index in [4.69, 9.17) is 0 Å². The molecule has 4 aromatic rings. The molecule has 184 valence electrons. The van der Waals surface area contributed by atoms with Crippen LogP contribution in [-0.4, -0.2) is 28.0 Å². The van der Waals surface area contributed by atoms with Crippen LogP contribution in [0.1, 0.15) is 30.9 Å². The van der Waals surface area contributed by atoms with E-state index in [0.717, 1.165) is 15.7 Å². The quantitative estimate of drug-likeness (QED) is 0.421. The number of rotatable bonds is 7. The Kier molecular flexibility index (Phi) is 7.15. The number of carbonyl (C=O) groups excluding carboxylic acids is 2. The van der Waals surface area contributed by atoms with E-state index in [1.165, 1.54) is 4.57 Å². The van der Waals surface area contributed by atoms with E-state index in [2.05, 4.69) is 24.5 Å². The lowest BCUT2D eigenvalue weighted by Gasteiger charge is -2.15. The zero-order chi connectivity index (χ0) is 25.8. The highest BCUT2D eigenvalue weighted by molar-refractivity contribution is 5.91. The maximum Gasteiger partial charge on any atom is 0.336 e. The third kappa shape index (κ3) is 5.12. The monoisotopic (exact) mass is 484 g/mol. The molecule has 0 atom stereocenters. The Bertz CT molecular complexity index is 1530. The van der Waals surface area contributed by atoms with Crippen molar-refractivity contribution in [3.05, 3.63) is 105 Å². The fourth-order valence-electron chi connectivity index (χ4n) is 4.03. The number of hydrogen-bond acceptors (Lipinski definition) is 4. The molecule has 0 aliphatic rings. The van der Waals surface area contributed by atoms with E-state index in [-0.39, 0.29) is 24.8 Å². The van der Waals surface area contributed by atoms with E-state index in [0.29, 0.717) is 28.2 Å². The van der Waals surface area contributed by atoms with Crippen molar-refractivity contribution in [3.63, 3.8) is 0 Å². The molecule has 1 aromatic heterocycles. The lowest BCUT2D eigenvalue weighted by atomic mass is 10.0. The van der Waals surface area contributed by atoms with Gasteiger partial charge in [-0.3, -0.25) is 19.0 Å². The maximum absolute atomic E-state index is 13.5. The molecule has 0 fully saturated rings. The van der Waals surface area contributed by atoms with Gasteiger partial charge in [0.15, 0.2) is 0 Å². The summed E-state index contributed by atoms with van der Waals surface area (Å²) in [5.41, 5.74) is 2.17. The van der Waals surface area contributed by atoms with E-state index in [9.17, 15) is 19.2 Å². The molecule has 4 rings (SSSR count). The molecular weight excluding hydrogens is 456 g/mol. The lowest BCUT2D eigenvalue weighted by molar-refractivity contribution is -0.120. The van der Waals surface area contributed by atoms with Gasteiger partial charge in [-0.2, -0.15) is 0 Å². The summed E-state index contributed by atoms with van der Waals surface area (Å²) in [6, 6.07) is 20.9. The molecule has 2 N–H and O–H groups in total. The van der Waals surface area contributed by atoms with Crippen LogP contribution in [0.25, 0.3) is 16.6 Å². The molecule has 0 unspecified atom stereocenters. The number of aromatic nitrogens is 2. The smallest absolute Gasteiger partial charge is 0.336 e. The van der Waals surface area contributed by atoms with Gasteiger partial charge in [-0.05, 0) is 53.4 Å². The Morgan fingerprint density at radius 3 is 2.17 bits per heavy atom. The minimum absolute atomic E-state index is 0.141. The van der Waals surface area contributed by atoms with Crippen LogP contribution >= 0.6 is 0 Å². The molecule has 8 heteroatoms. The number of benzene rings is 3. The number of nitrogens with one attached hydrogen (secondary N) is 2. The van der Waals surface area contributed by atoms with E-state index >= 15 is 0 Å². The van der Waals surface area contributed by atoms with Crippen molar-refractivity contribution in [2.24, 2.45) is 0 Å². The van der Waals surface area contributed by atoms with Gasteiger partial charge in [0.05, 0.1) is 23.0 Å². The topological polar surface area (TPSA) is 102 Å². The number of para-hydroxylation sites is 1. The first-order valence-corrected chi connectivity index (χ1v) is 11.7. The Balaban J connectivity index is 1.70. The van der Waals surface area contributed by atoms with Crippen LogP contribution in [0.3, 0.4) is 0 Å². The maximum atomic E-state index is 13.5. The summed E-state index contributed by atoms with van der Waals surface area (Å²) in [4.78, 5) is 51.3. The molecule has 0 bridgehead atoms. The highest BCUT2D eigenvalue weighted by atomic mass is 16.2. The minimum Gasteiger partial charge on any atom is -0.359 e. The summed E-state index contributed by atoms with van der Waals surface area (Å²) in [5, 5.41) is 5.71. The van der Waals surface area contributed by atoms with Crippen LogP contribution in [0, 0.1) is 0 Å². The van der Waals surface area contributed by atoms with Gasteiger partial charge in [0.2, 0.25) is 11.8 Å². The van der Waals surface area contributed by atoms with Crippen molar-refractivity contribution >= 4 is 28.4 Å². The summed E-state index contributed by atoms with van der Waals surface area (Å²) in [7, 11) is 1.56. The standard InChI is InChI=1S/C28H28N4O4/c1-18(2)20-10-12-21(13-11-20)30-26(34)17-31-24-7-5-4-6-23(24)27(35)32(28(31)36)22-14-8-19(9-15-22)16-25(33)29-3/h4-15,18H,16-17H2,1-3H3,(H,29,33)(H,30,34). The third-order valence-corrected chi connectivity index (χ3v) is 6.05. The highest BCUT2D eigenvalue weighted by Crippen LogP contribution is 2.17. The van der Waals surface area contributed by atoms with Crippen molar-refractivity contribution < 1.29 is 9.59 Å². The normalized spacial score (nSPS) is 11.0. The molecule has 8 nitrogen and oxygen atoms in total. The molecule has 0 aliphatic carbocycles. The molecule has 0 radical (unpaired) electrons. The number of carbonyl (C=O) groups is 2. The number of fused-ring (bicyclic) bond motifs is 1. The number of likely N-dealkylation sites (N-methyl/N-ethyl adjacent to an activating group) is 1. The van der Waals surface area contributed by atoms with Crippen LogP contribution < -0.4 is 21.9 Å². The van der Waals surface area contributed by atoms with Crippen molar-refractivity contribution in [2.75, 3.05) is 12.4 Å². The Morgan fingerprint density at radius 1 is 0.861 bits per heavy atom. The first-order valence-electron chi connectivity index (χ1n) is 11.7. The van der Waals surface area contributed by atoms with Crippen LogP contribution in [0.2, 0.25) is 0 Å². The SMILES string of the molecule is CNC(=O)Cc1ccc(-n2c(=O)c3ccccc3n(CC(=O)Nc3ccc(C(C)C)cc3)c2=O)cc1. The Morgan fingerprint density at radius 2 is 1.53 bits per heavy atom. The van der Waals surface area contributed by atoms with Gasteiger partial charge >= 0.3 is 5.69 Å². The van der Waals surface area contributed by atoms with Gasteiger partial charge in [-0.25, -0.2) is 9.36 Å². The predicted octanol–water partition coefficient (Wildman–Crippen LogP) is 3.20. The molecule has 0 aliphatic heterocycles. The summed E-state index contributed by atoms with van der Waals surface area (Å²) < 4.78 is 2.35. The van der Waals surface area contributed by atoms with Crippen molar-refractivity contribution in [1.29, 1.82) is 0 Å². The van der Waals surface area contributed by atoms with E-state index < -0.39 is 11.2 Å². The minimum atomic E-state index is -0.622. The highest BCUT2D eigenvalue weighted by Gasteiger charge is 2.17. The van der Waals surface area contributed by atoms with Gasteiger partial charge in [-0.1, -0.05) is 50.2 Å². The fourth-order valence-corrected chi connectivity index (χ4v) is 4.03. The number of hydrogen-bond donors (Lipinski definition) is 2. The average Bonchev–Trinajstić information content (AvgIpc) is 2.88. The third-order valence-electron chi connectivity index (χ3n) is 6.05. The lowest BCUT2D eigenvalue weighted by Crippen LogP contribution is -2.40. The molecule has 0 saturated carbocycles. The van der Waals surface area contributed by atoms with Crippen LogP contribution in [0.5, 0.6) is 0 Å². The van der Waals surface area contributed by atoms with Crippen LogP contribution in [-0.2, 0) is 22.6 Å². The predicted molar refractivity (Wildman–Crippen MR) is 141 cm³/mol. The summed E-state index contributed by atoms with van der Waals surface area (Å²) in [5.74, 6) is -0.151. The molecule has 0 spiro atoms. The molecule has 0 saturated heterocycles. The van der Waals surface area contributed by atoms with Gasteiger partial charge in [0.1, 0.15) is 6.54 Å². The number of anilines is 1. The zero-order valence-corrected chi connectivity index (χ0v) is 20.4. The van der Waals surface area contributed by atoms with Gasteiger partial charge in [0, 0.05) is 12.7 Å². The molecule has 2 amide bonds. The van der Waals surface area contributed by atoms with E-state index in [1.807, 2.05) is 24.3 Å². The van der Waals surface area contributed by atoms with Crippen molar-refractivity contribution in [3.8, 4) is 5.69 Å².